The Balaban J connectivity index is 1.35. The number of carbonyl (C=O) groups excluding carboxylic acids is 1. The number of halogens is 1. The summed E-state index contributed by atoms with van der Waals surface area (Å²) >= 11 is 5.87. The fraction of sp³-hybridized carbons (Fsp3) is 0.696. The Bertz CT molecular complexity index is 643. The van der Waals surface area contributed by atoms with Crippen LogP contribution in [0.3, 0.4) is 0 Å². The number of piperazine rings is 1. The van der Waals surface area contributed by atoms with Crippen molar-refractivity contribution in [2.75, 3.05) is 45.8 Å². The fourth-order valence-corrected chi connectivity index (χ4v) is 4.29. The lowest BCUT2D eigenvalue weighted by atomic mass is 9.96. The van der Waals surface area contributed by atoms with E-state index in [2.05, 4.69) is 34.1 Å². The van der Waals surface area contributed by atoms with Crippen LogP contribution in [-0.4, -0.2) is 72.2 Å². The highest BCUT2D eigenvalue weighted by Gasteiger charge is 2.28. The largest absolute Gasteiger partial charge is 0.444 e. The minimum absolute atomic E-state index is 0.163. The van der Waals surface area contributed by atoms with E-state index in [9.17, 15) is 4.79 Å². The highest BCUT2D eigenvalue weighted by molar-refractivity contribution is 6.17. The van der Waals surface area contributed by atoms with Crippen LogP contribution in [0.15, 0.2) is 24.3 Å². The highest BCUT2D eigenvalue weighted by Crippen LogP contribution is 2.21. The van der Waals surface area contributed by atoms with Gasteiger partial charge in [-0.2, -0.15) is 0 Å². The number of hydrogen-bond donors (Lipinski definition) is 0. The van der Waals surface area contributed by atoms with Crippen LogP contribution in [0.5, 0.6) is 0 Å². The van der Waals surface area contributed by atoms with Crippen molar-refractivity contribution in [2.24, 2.45) is 5.92 Å². The van der Waals surface area contributed by atoms with Gasteiger partial charge < -0.3 is 14.5 Å². The predicted molar refractivity (Wildman–Crippen MR) is 118 cm³/mol. The molecule has 1 aromatic carbocycles. The maximum Gasteiger partial charge on any atom is 0.410 e. The first-order valence-corrected chi connectivity index (χ1v) is 11.4. The van der Waals surface area contributed by atoms with Crippen molar-refractivity contribution in [1.82, 2.24) is 14.7 Å². The van der Waals surface area contributed by atoms with E-state index in [4.69, 9.17) is 16.3 Å². The van der Waals surface area contributed by atoms with Gasteiger partial charge in [0, 0.05) is 58.2 Å². The zero-order valence-electron chi connectivity index (χ0n) is 18.2. The van der Waals surface area contributed by atoms with E-state index in [0.29, 0.717) is 11.8 Å². The van der Waals surface area contributed by atoms with E-state index in [1.54, 1.807) is 0 Å². The molecule has 5 nitrogen and oxygen atoms in total. The summed E-state index contributed by atoms with van der Waals surface area (Å²) in [4.78, 5) is 19.2. The van der Waals surface area contributed by atoms with Crippen LogP contribution in [0.25, 0.3) is 0 Å². The summed E-state index contributed by atoms with van der Waals surface area (Å²) < 4.78 is 5.50. The second kappa shape index (κ2) is 10.1. The van der Waals surface area contributed by atoms with Crippen molar-refractivity contribution in [3.8, 4) is 0 Å². The van der Waals surface area contributed by atoms with Crippen molar-refractivity contribution in [2.45, 2.75) is 51.6 Å². The Morgan fingerprint density at radius 1 is 0.966 bits per heavy atom. The van der Waals surface area contributed by atoms with Gasteiger partial charge in [-0.3, -0.25) is 4.90 Å². The Kier molecular flexibility index (Phi) is 7.83. The third-order valence-corrected chi connectivity index (χ3v) is 6.14. The molecule has 0 spiro atoms. The molecule has 1 aromatic rings. The lowest BCUT2D eigenvalue weighted by Gasteiger charge is -2.39. The predicted octanol–water partition coefficient (Wildman–Crippen LogP) is 4.19. The van der Waals surface area contributed by atoms with Crippen LogP contribution in [0.1, 0.15) is 44.7 Å². The summed E-state index contributed by atoms with van der Waals surface area (Å²) in [6, 6.07) is 8.65. The molecule has 3 rings (SSSR count). The molecule has 2 saturated heterocycles. The number of ether oxygens (including phenoxy) is 1. The summed E-state index contributed by atoms with van der Waals surface area (Å²) in [7, 11) is 0. The van der Waals surface area contributed by atoms with Crippen molar-refractivity contribution < 1.29 is 9.53 Å². The Labute approximate surface area is 180 Å². The first-order valence-electron chi connectivity index (χ1n) is 10.9. The van der Waals surface area contributed by atoms with Gasteiger partial charge in [0.25, 0.3) is 0 Å². The smallest absolute Gasteiger partial charge is 0.410 e. The average Bonchev–Trinajstić information content (AvgIpc) is 2.69. The van der Waals surface area contributed by atoms with Gasteiger partial charge in [0.1, 0.15) is 5.60 Å². The molecule has 1 amide bonds. The van der Waals surface area contributed by atoms with Gasteiger partial charge in [0.05, 0.1) is 0 Å². The molecule has 0 aromatic heterocycles. The minimum atomic E-state index is -0.417. The van der Waals surface area contributed by atoms with Crippen LogP contribution in [0.2, 0.25) is 0 Å². The summed E-state index contributed by atoms with van der Waals surface area (Å²) in [6.45, 7) is 14.1. The number of alkyl halides is 1. The van der Waals surface area contributed by atoms with E-state index in [-0.39, 0.29) is 6.09 Å². The number of piperidine rings is 1. The van der Waals surface area contributed by atoms with Gasteiger partial charge in [-0.25, -0.2) is 4.79 Å². The monoisotopic (exact) mass is 421 g/mol. The molecule has 6 heteroatoms. The molecule has 0 radical (unpaired) electrons. The zero-order valence-corrected chi connectivity index (χ0v) is 19.0. The lowest BCUT2D eigenvalue weighted by Crippen LogP contribution is -2.49. The molecule has 0 bridgehead atoms. The van der Waals surface area contributed by atoms with Gasteiger partial charge in [-0.15, -0.1) is 11.6 Å². The van der Waals surface area contributed by atoms with E-state index in [0.717, 1.165) is 65.2 Å². The quantitative estimate of drug-likeness (QED) is 0.668. The topological polar surface area (TPSA) is 36.0 Å². The second-order valence-corrected chi connectivity index (χ2v) is 9.70. The van der Waals surface area contributed by atoms with Crippen molar-refractivity contribution in [3.05, 3.63) is 35.4 Å². The first kappa shape index (κ1) is 22.4. The first-order chi connectivity index (χ1) is 13.8. The minimum Gasteiger partial charge on any atom is -0.444 e. The molecule has 0 aliphatic carbocycles. The Hall–Kier alpha value is -1.30. The Morgan fingerprint density at radius 2 is 1.52 bits per heavy atom. The van der Waals surface area contributed by atoms with Crippen LogP contribution in [0.4, 0.5) is 4.79 Å². The van der Waals surface area contributed by atoms with Crippen LogP contribution in [0, 0.1) is 5.92 Å². The molecule has 0 saturated carbocycles. The number of amides is 1. The molecule has 2 aliphatic rings. The Morgan fingerprint density at radius 3 is 2.07 bits per heavy atom. The average molecular weight is 422 g/mol. The number of carbonyl (C=O) groups is 1. The summed E-state index contributed by atoms with van der Waals surface area (Å²) in [5, 5.41) is 0. The third kappa shape index (κ3) is 7.16. The molecular weight excluding hydrogens is 386 g/mol. The van der Waals surface area contributed by atoms with Gasteiger partial charge in [-0.1, -0.05) is 24.3 Å². The van der Waals surface area contributed by atoms with Crippen molar-refractivity contribution >= 4 is 17.7 Å². The summed E-state index contributed by atoms with van der Waals surface area (Å²) in [5.74, 6) is 1.26. The standard InChI is InChI=1S/C23H36ClN3O2/c1-23(2,3)29-22(28)27-10-8-21(9-11-27)18-26-14-12-25(13-15-26)17-20-6-4-19(16-24)5-7-20/h4-7,21H,8-18H2,1-3H3. The van der Waals surface area contributed by atoms with E-state index in [1.165, 1.54) is 11.1 Å². The van der Waals surface area contributed by atoms with E-state index < -0.39 is 5.60 Å². The SMILES string of the molecule is CC(C)(C)OC(=O)N1CCC(CN2CCN(Cc3ccc(CCl)cc3)CC2)CC1. The number of nitrogens with zero attached hydrogens (tertiary/aromatic N) is 3. The highest BCUT2D eigenvalue weighted by atomic mass is 35.5. The normalized spacial score (nSPS) is 20.1. The summed E-state index contributed by atoms with van der Waals surface area (Å²) in [5.41, 5.74) is 2.12. The molecule has 0 atom stereocenters. The molecule has 0 unspecified atom stereocenters. The molecular formula is C23H36ClN3O2. The van der Waals surface area contributed by atoms with Gasteiger partial charge in [0.15, 0.2) is 0 Å². The number of hydrogen-bond acceptors (Lipinski definition) is 4. The van der Waals surface area contributed by atoms with Crippen LogP contribution in [-0.2, 0) is 17.2 Å². The zero-order chi connectivity index (χ0) is 20.9. The molecule has 2 fully saturated rings. The van der Waals surface area contributed by atoms with E-state index >= 15 is 0 Å². The van der Waals surface area contributed by atoms with Gasteiger partial charge >= 0.3 is 6.09 Å². The molecule has 162 valence electrons. The maximum absolute atomic E-state index is 12.2. The third-order valence-electron chi connectivity index (χ3n) is 5.83. The van der Waals surface area contributed by atoms with Crippen LogP contribution >= 0.6 is 11.6 Å². The molecule has 29 heavy (non-hydrogen) atoms. The van der Waals surface area contributed by atoms with Gasteiger partial charge in [-0.05, 0) is 50.7 Å². The van der Waals surface area contributed by atoms with E-state index in [1.807, 2.05) is 25.7 Å². The van der Waals surface area contributed by atoms with Crippen LogP contribution < -0.4 is 0 Å². The number of rotatable bonds is 5. The fourth-order valence-electron chi connectivity index (χ4n) is 4.11. The van der Waals surface area contributed by atoms with Gasteiger partial charge in [0.2, 0.25) is 0 Å². The van der Waals surface area contributed by atoms with Crippen molar-refractivity contribution in [3.63, 3.8) is 0 Å². The number of likely N-dealkylation sites (tertiary alicyclic amines) is 1. The summed E-state index contributed by atoms with van der Waals surface area (Å²) in [6.07, 6.45) is 1.99. The number of benzene rings is 1. The second-order valence-electron chi connectivity index (χ2n) is 9.44. The lowest BCUT2D eigenvalue weighted by molar-refractivity contribution is 0.0159. The maximum atomic E-state index is 12.2. The molecule has 2 heterocycles. The molecule has 2 aliphatic heterocycles. The molecule has 0 N–H and O–H groups in total. The van der Waals surface area contributed by atoms with Crippen molar-refractivity contribution in [1.29, 1.82) is 0 Å².